The Morgan fingerprint density at radius 2 is 2.24 bits per heavy atom. The largest absolute Gasteiger partial charge is 0.476 e. The SMILES string of the molecule is CCCCCC(C)(O)CC=CC1C(C)OC(=O)N1CCSc1nc(C(=O)O)cs1. The fourth-order valence-corrected chi connectivity index (χ4v) is 4.95. The summed E-state index contributed by atoms with van der Waals surface area (Å²) in [4.78, 5) is 28.8. The number of hydrogen-bond donors (Lipinski definition) is 2. The number of aromatic carboxylic acids is 1. The molecule has 1 amide bonds. The molecule has 3 atom stereocenters. The van der Waals surface area contributed by atoms with Crippen molar-refractivity contribution in [3.05, 3.63) is 23.2 Å². The summed E-state index contributed by atoms with van der Waals surface area (Å²) in [6.45, 7) is 6.32. The third kappa shape index (κ3) is 7.31. The highest BCUT2D eigenvalue weighted by Gasteiger charge is 2.37. The fourth-order valence-electron chi connectivity index (χ4n) is 3.14. The first-order valence-electron chi connectivity index (χ1n) is 9.91. The second kappa shape index (κ2) is 11.0. The Kier molecular flexibility index (Phi) is 8.98. The van der Waals surface area contributed by atoms with Gasteiger partial charge in [-0.15, -0.1) is 11.3 Å². The van der Waals surface area contributed by atoms with Gasteiger partial charge in [0.05, 0.1) is 11.6 Å². The van der Waals surface area contributed by atoms with E-state index < -0.39 is 11.6 Å². The zero-order chi connectivity index (χ0) is 21.4. The quantitative estimate of drug-likeness (QED) is 0.281. The lowest BCUT2D eigenvalue weighted by Crippen LogP contribution is -2.36. The van der Waals surface area contributed by atoms with Crippen molar-refractivity contribution in [2.75, 3.05) is 12.3 Å². The molecule has 2 heterocycles. The summed E-state index contributed by atoms with van der Waals surface area (Å²) in [5.41, 5.74) is -0.704. The number of aliphatic hydroxyl groups is 1. The van der Waals surface area contributed by atoms with Gasteiger partial charge in [-0.2, -0.15) is 0 Å². The number of ether oxygens (including phenoxy) is 1. The van der Waals surface area contributed by atoms with E-state index >= 15 is 0 Å². The summed E-state index contributed by atoms with van der Waals surface area (Å²) in [6.07, 6.45) is 7.80. The molecule has 1 fully saturated rings. The summed E-state index contributed by atoms with van der Waals surface area (Å²) in [6, 6.07) is -0.180. The van der Waals surface area contributed by atoms with Gasteiger partial charge in [0.15, 0.2) is 10.0 Å². The molecule has 1 aromatic heterocycles. The van der Waals surface area contributed by atoms with E-state index in [9.17, 15) is 14.7 Å². The number of carboxylic acids is 1. The smallest absolute Gasteiger partial charge is 0.410 e. The maximum Gasteiger partial charge on any atom is 0.410 e. The second-order valence-corrected chi connectivity index (χ2v) is 9.71. The number of cyclic esters (lactones) is 1. The number of thiazole rings is 1. The summed E-state index contributed by atoms with van der Waals surface area (Å²) in [5.74, 6) is -0.450. The second-order valence-electron chi connectivity index (χ2n) is 7.51. The molecule has 0 spiro atoms. The highest BCUT2D eigenvalue weighted by atomic mass is 32.2. The lowest BCUT2D eigenvalue weighted by molar-refractivity contribution is 0.0511. The molecule has 0 radical (unpaired) electrons. The van der Waals surface area contributed by atoms with Gasteiger partial charge < -0.3 is 14.9 Å². The van der Waals surface area contributed by atoms with Gasteiger partial charge in [0, 0.05) is 17.7 Å². The van der Waals surface area contributed by atoms with Crippen LogP contribution in [0.25, 0.3) is 0 Å². The lowest BCUT2D eigenvalue weighted by atomic mass is 9.94. The third-order valence-corrected chi connectivity index (χ3v) is 6.83. The average Bonchev–Trinajstić information content (AvgIpc) is 3.21. The maximum absolute atomic E-state index is 12.2. The summed E-state index contributed by atoms with van der Waals surface area (Å²) < 4.78 is 6.03. The van der Waals surface area contributed by atoms with Crippen molar-refractivity contribution >= 4 is 35.2 Å². The van der Waals surface area contributed by atoms with Crippen LogP contribution in [0, 0.1) is 0 Å². The van der Waals surface area contributed by atoms with Gasteiger partial charge in [-0.1, -0.05) is 50.1 Å². The molecule has 1 aromatic rings. The summed E-state index contributed by atoms with van der Waals surface area (Å²) in [7, 11) is 0. The van der Waals surface area contributed by atoms with Gasteiger partial charge in [0.1, 0.15) is 6.10 Å². The van der Waals surface area contributed by atoms with Crippen molar-refractivity contribution in [2.45, 2.75) is 75.0 Å². The van der Waals surface area contributed by atoms with Crippen LogP contribution in [0.3, 0.4) is 0 Å². The normalized spacial score (nSPS) is 21.5. The number of thioether (sulfide) groups is 1. The van der Waals surface area contributed by atoms with E-state index in [0.717, 1.165) is 25.7 Å². The molecule has 29 heavy (non-hydrogen) atoms. The maximum atomic E-state index is 12.2. The molecule has 0 aliphatic carbocycles. The molecule has 7 nitrogen and oxygen atoms in total. The molecule has 9 heteroatoms. The van der Waals surface area contributed by atoms with Crippen LogP contribution in [-0.4, -0.2) is 62.2 Å². The Balaban J connectivity index is 1.87. The molecule has 0 bridgehead atoms. The van der Waals surface area contributed by atoms with E-state index in [1.807, 2.05) is 26.0 Å². The van der Waals surface area contributed by atoms with E-state index in [2.05, 4.69) is 11.9 Å². The average molecular weight is 443 g/mol. The lowest BCUT2D eigenvalue weighted by Gasteiger charge is -2.23. The highest BCUT2D eigenvalue weighted by Crippen LogP contribution is 2.26. The van der Waals surface area contributed by atoms with E-state index in [-0.39, 0.29) is 23.9 Å². The molecule has 2 N–H and O–H groups in total. The predicted molar refractivity (Wildman–Crippen MR) is 115 cm³/mol. The number of rotatable bonds is 12. The van der Waals surface area contributed by atoms with Gasteiger partial charge in [0.25, 0.3) is 0 Å². The molecule has 1 aliphatic rings. The number of carbonyl (C=O) groups excluding carboxylic acids is 1. The Hall–Kier alpha value is -1.58. The van der Waals surface area contributed by atoms with Crippen molar-refractivity contribution in [1.29, 1.82) is 0 Å². The van der Waals surface area contributed by atoms with Crippen molar-refractivity contribution < 1.29 is 24.5 Å². The van der Waals surface area contributed by atoms with Crippen LogP contribution in [0.4, 0.5) is 4.79 Å². The Morgan fingerprint density at radius 1 is 1.48 bits per heavy atom. The zero-order valence-corrected chi connectivity index (χ0v) is 18.8. The minimum absolute atomic E-state index is 0.0403. The fraction of sp³-hybridized carbons (Fsp3) is 0.650. The first-order chi connectivity index (χ1) is 13.7. The molecule has 1 saturated heterocycles. The van der Waals surface area contributed by atoms with Gasteiger partial charge in [-0.25, -0.2) is 14.6 Å². The molecular weight excluding hydrogens is 412 g/mol. The van der Waals surface area contributed by atoms with Crippen LogP contribution in [0.2, 0.25) is 0 Å². The van der Waals surface area contributed by atoms with Crippen molar-refractivity contribution in [2.24, 2.45) is 0 Å². The highest BCUT2D eigenvalue weighted by molar-refractivity contribution is 8.01. The number of carbonyl (C=O) groups is 2. The van der Waals surface area contributed by atoms with Crippen molar-refractivity contribution in [1.82, 2.24) is 9.88 Å². The molecular formula is C20H30N2O5S2. The number of unbranched alkanes of at least 4 members (excludes halogenated alkanes) is 2. The molecule has 0 saturated carbocycles. The van der Waals surface area contributed by atoms with Crippen molar-refractivity contribution in [3.8, 4) is 0 Å². The van der Waals surface area contributed by atoms with Crippen LogP contribution in [-0.2, 0) is 4.74 Å². The number of carboxylic acid groups (broad SMARTS) is 1. The number of amides is 1. The van der Waals surface area contributed by atoms with Gasteiger partial charge in [0.2, 0.25) is 0 Å². The van der Waals surface area contributed by atoms with Crippen molar-refractivity contribution in [3.63, 3.8) is 0 Å². The van der Waals surface area contributed by atoms with E-state index in [0.29, 0.717) is 23.1 Å². The zero-order valence-electron chi connectivity index (χ0n) is 17.2. The van der Waals surface area contributed by atoms with E-state index in [1.165, 1.54) is 28.5 Å². The molecule has 1 aliphatic heterocycles. The Morgan fingerprint density at radius 3 is 2.90 bits per heavy atom. The predicted octanol–water partition coefficient (Wildman–Crippen LogP) is 4.42. The topological polar surface area (TPSA) is 100.0 Å². The van der Waals surface area contributed by atoms with Crippen LogP contribution in [0.1, 0.15) is 63.4 Å². The first-order valence-corrected chi connectivity index (χ1v) is 11.8. The minimum atomic E-state index is -1.04. The first kappa shape index (κ1) is 23.7. The third-order valence-electron chi connectivity index (χ3n) is 4.83. The van der Waals surface area contributed by atoms with Crippen LogP contribution < -0.4 is 0 Å². The van der Waals surface area contributed by atoms with Gasteiger partial charge in [-0.3, -0.25) is 4.90 Å². The van der Waals surface area contributed by atoms with E-state index in [1.54, 1.807) is 4.90 Å². The Labute approximate surface area is 180 Å². The molecule has 0 aromatic carbocycles. The number of hydrogen-bond acceptors (Lipinski definition) is 7. The molecule has 162 valence electrons. The van der Waals surface area contributed by atoms with Crippen LogP contribution in [0.15, 0.2) is 21.9 Å². The van der Waals surface area contributed by atoms with Crippen LogP contribution >= 0.6 is 23.1 Å². The van der Waals surface area contributed by atoms with E-state index in [4.69, 9.17) is 9.84 Å². The minimum Gasteiger partial charge on any atom is -0.476 e. The standard InChI is InChI=1S/C20H30N2O5S2/c1-4-5-6-9-20(3,26)10-7-8-16-14(2)27-19(25)22(16)11-12-28-18-21-15(13-29-18)17(23)24/h7-8,13-14,16,26H,4-6,9-12H2,1-3H3,(H,23,24). The summed E-state index contributed by atoms with van der Waals surface area (Å²) in [5, 5.41) is 20.9. The monoisotopic (exact) mass is 442 g/mol. The number of aromatic nitrogens is 1. The summed E-state index contributed by atoms with van der Waals surface area (Å²) >= 11 is 2.70. The molecule has 2 rings (SSSR count). The number of nitrogens with zero attached hydrogens (tertiary/aromatic N) is 2. The van der Waals surface area contributed by atoms with Gasteiger partial charge >= 0.3 is 12.1 Å². The Bertz CT molecular complexity index is 719. The van der Waals surface area contributed by atoms with Crippen LogP contribution in [0.5, 0.6) is 0 Å². The molecule has 3 unspecified atom stereocenters. The van der Waals surface area contributed by atoms with Gasteiger partial charge in [-0.05, 0) is 26.7 Å².